The van der Waals surface area contributed by atoms with Crippen molar-refractivity contribution in [1.82, 2.24) is 34.7 Å². The van der Waals surface area contributed by atoms with Crippen LogP contribution in [-0.2, 0) is 13.0 Å². The van der Waals surface area contributed by atoms with Crippen LogP contribution < -0.4 is 5.32 Å². The smallest absolute Gasteiger partial charge is 0.277 e. The Morgan fingerprint density at radius 1 is 1.10 bits per heavy atom. The molecule has 2 N–H and O–H groups in total. The summed E-state index contributed by atoms with van der Waals surface area (Å²) in [5.41, 5.74) is 3.04. The van der Waals surface area contributed by atoms with Gasteiger partial charge in [0.1, 0.15) is 12.0 Å². The third-order valence-corrected chi connectivity index (χ3v) is 5.40. The molecule has 10 heteroatoms. The molecule has 0 atom stereocenters. The topological polar surface area (TPSA) is 114 Å². The number of amides is 1. The Hall–Kier alpha value is -3.92. The van der Waals surface area contributed by atoms with Gasteiger partial charge in [0.25, 0.3) is 5.91 Å². The normalized spacial score (nSPS) is 11.1. The first-order valence-corrected chi connectivity index (χ1v) is 10.1. The van der Waals surface area contributed by atoms with Gasteiger partial charge in [0.2, 0.25) is 5.95 Å². The molecule has 0 bridgehead atoms. The molecule has 0 aliphatic heterocycles. The van der Waals surface area contributed by atoms with Crippen LogP contribution in [0, 0.1) is 0 Å². The maximum absolute atomic E-state index is 12.8. The fraction of sp³-hybridized carbons (Fsp3) is 0.100. The van der Waals surface area contributed by atoms with Gasteiger partial charge in [-0.25, -0.2) is 15.0 Å². The van der Waals surface area contributed by atoms with Crippen molar-refractivity contribution >= 4 is 34.2 Å². The van der Waals surface area contributed by atoms with E-state index in [1.807, 2.05) is 47.0 Å². The largest absolute Gasteiger partial charge is 0.310 e. The number of hydrogen-bond donors (Lipinski definition) is 2. The molecule has 0 unspecified atom stereocenters. The molecule has 4 aromatic heterocycles. The third kappa shape index (κ3) is 3.55. The zero-order chi connectivity index (χ0) is 20.3. The van der Waals surface area contributed by atoms with E-state index in [4.69, 9.17) is 0 Å². The zero-order valence-corrected chi connectivity index (χ0v) is 16.5. The molecular formula is C20H16N8OS. The van der Waals surface area contributed by atoms with Gasteiger partial charge in [0.15, 0.2) is 10.8 Å². The molecular weight excluding hydrogens is 400 g/mol. The van der Waals surface area contributed by atoms with E-state index in [2.05, 4.69) is 35.5 Å². The van der Waals surface area contributed by atoms with Crippen LogP contribution >= 0.6 is 11.3 Å². The van der Waals surface area contributed by atoms with Crippen LogP contribution in [0.5, 0.6) is 0 Å². The molecule has 1 aromatic carbocycles. The molecule has 148 valence electrons. The van der Waals surface area contributed by atoms with Crippen LogP contribution in [0.2, 0.25) is 0 Å². The van der Waals surface area contributed by atoms with Crippen molar-refractivity contribution in [2.45, 2.75) is 13.0 Å². The van der Waals surface area contributed by atoms with Gasteiger partial charge in [0.05, 0.1) is 11.0 Å². The number of aromatic amines is 1. The van der Waals surface area contributed by atoms with Crippen LogP contribution in [0.15, 0.2) is 60.4 Å². The van der Waals surface area contributed by atoms with Crippen LogP contribution in [0.4, 0.5) is 5.95 Å². The summed E-state index contributed by atoms with van der Waals surface area (Å²) in [6, 6.07) is 13.6. The second-order valence-corrected chi connectivity index (χ2v) is 7.33. The lowest BCUT2D eigenvalue weighted by Gasteiger charge is -2.09. The lowest BCUT2D eigenvalue weighted by atomic mass is 10.2. The number of fused-ring (bicyclic) bond motifs is 1. The number of carbonyl (C=O) groups excluding carboxylic acids is 1. The second-order valence-electron chi connectivity index (χ2n) is 6.47. The summed E-state index contributed by atoms with van der Waals surface area (Å²) in [5.74, 6) is 0.680. The van der Waals surface area contributed by atoms with Crippen molar-refractivity contribution in [2.24, 2.45) is 0 Å². The van der Waals surface area contributed by atoms with Gasteiger partial charge in [-0.1, -0.05) is 18.2 Å². The first-order valence-electron chi connectivity index (χ1n) is 9.26. The predicted molar refractivity (Wildman–Crippen MR) is 113 cm³/mol. The Morgan fingerprint density at radius 2 is 2.00 bits per heavy atom. The molecule has 0 aliphatic rings. The molecule has 0 fully saturated rings. The lowest BCUT2D eigenvalue weighted by Crippen LogP contribution is -2.17. The summed E-state index contributed by atoms with van der Waals surface area (Å²) in [5, 5.41) is 11.7. The average molecular weight is 416 g/mol. The highest BCUT2D eigenvalue weighted by atomic mass is 32.1. The number of anilines is 1. The van der Waals surface area contributed by atoms with E-state index >= 15 is 0 Å². The molecule has 9 nitrogen and oxygen atoms in total. The monoisotopic (exact) mass is 416 g/mol. The molecule has 4 heterocycles. The average Bonchev–Trinajstić information content (AvgIpc) is 3.52. The van der Waals surface area contributed by atoms with E-state index in [9.17, 15) is 4.79 Å². The first-order chi connectivity index (χ1) is 14.8. The number of para-hydroxylation sites is 2. The highest BCUT2D eigenvalue weighted by Gasteiger charge is 2.17. The number of rotatable bonds is 6. The number of hydrogen-bond acceptors (Lipinski definition) is 7. The van der Waals surface area contributed by atoms with E-state index < -0.39 is 0 Å². The quantitative estimate of drug-likeness (QED) is 0.439. The minimum atomic E-state index is -0.327. The lowest BCUT2D eigenvalue weighted by molar-refractivity contribution is 0.102. The summed E-state index contributed by atoms with van der Waals surface area (Å²) >= 11 is 1.32. The van der Waals surface area contributed by atoms with Gasteiger partial charge in [0, 0.05) is 30.2 Å². The zero-order valence-electron chi connectivity index (χ0n) is 15.7. The second kappa shape index (κ2) is 7.84. The first kappa shape index (κ1) is 18.1. The number of nitrogens with one attached hydrogen (secondary N) is 2. The van der Waals surface area contributed by atoms with E-state index in [-0.39, 0.29) is 5.91 Å². The van der Waals surface area contributed by atoms with Crippen LogP contribution in [-0.4, -0.2) is 40.6 Å². The van der Waals surface area contributed by atoms with Crippen LogP contribution in [0.25, 0.3) is 21.9 Å². The highest BCUT2D eigenvalue weighted by molar-refractivity contribution is 7.13. The predicted octanol–water partition coefficient (Wildman–Crippen LogP) is 3.17. The van der Waals surface area contributed by atoms with Crippen molar-refractivity contribution in [1.29, 1.82) is 0 Å². The number of H-pyrrole nitrogens is 1. The Morgan fingerprint density at radius 3 is 2.83 bits per heavy atom. The summed E-state index contributed by atoms with van der Waals surface area (Å²) in [6.45, 7) is 0.632. The number of aromatic nitrogens is 7. The number of nitrogens with zero attached hydrogens (tertiary/aromatic N) is 6. The molecule has 5 rings (SSSR count). The van der Waals surface area contributed by atoms with E-state index in [0.717, 1.165) is 23.1 Å². The van der Waals surface area contributed by atoms with Crippen molar-refractivity contribution in [3.8, 4) is 10.8 Å². The Labute approximate surface area is 174 Å². The fourth-order valence-corrected chi connectivity index (χ4v) is 3.87. The van der Waals surface area contributed by atoms with Gasteiger partial charge < -0.3 is 4.57 Å². The minimum Gasteiger partial charge on any atom is -0.310 e. The molecule has 0 radical (unpaired) electrons. The molecule has 30 heavy (non-hydrogen) atoms. The number of carbonyl (C=O) groups is 1. The number of benzene rings is 1. The molecule has 5 aromatic rings. The van der Waals surface area contributed by atoms with Crippen molar-refractivity contribution in [2.75, 3.05) is 5.32 Å². The minimum absolute atomic E-state index is 0.301. The summed E-state index contributed by atoms with van der Waals surface area (Å²) in [7, 11) is 0. The Balaban J connectivity index is 1.41. The highest BCUT2D eigenvalue weighted by Crippen LogP contribution is 2.23. The molecule has 0 spiro atoms. The van der Waals surface area contributed by atoms with Gasteiger partial charge in [-0.05, 0) is 24.3 Å². The number of imidazole rings is 1. The van der Waals surface area contributed by atoms with E-state index in [1.165, 1.54) is 17.7 Å². The summed E-state index contributed by atoms with van der Waals surface area (Å²) < 4.78 is 1.99. The Bertz CT molecular complexity index is 1290. The van der Waals surface area contributed by atoms with E-state index in [0.29, 0.717) is 29.0 Å². The van der Waals surface area contributed by atoms with Crippen molar-refractivity contribution in [3.63, 3.8) is 0 Å². The summed E-state index contributed by atoms with van der Waals surface area (Å²) in [6.07, 6.45) is 3.90. The van der Waals surface area contributed by atoms with E-state index in [1.54, 1.807) is 11.6 Å². The van der Waals surface area contributed by atoms with Gasteiger partial charge in [-0.3, -0.25) is 20.2 Å². The number of aryl methyl sites for hydroxylation is 2. The maximum atomic E-state index is 12.8. The molecule has 0 saturated carbocycles. The number of thiazole rings is 1. The molecule has 0 aliphatic carbocycles. The van der Waals surface area contributed by atoms with Gasteiger partial charge >= 0.3 is 0 Å². The molecule has 0 saturated heterocycles. The SMILES string of the molecule is O=C(Nc1nc2ccccc2n1CCc1ccccn1)c1csc(-c2ncn[nH]2)n1. The van der Waals surface area contributed by atoms with Gasteiger partial charge in [-0.2, -0.15) is 5.10 Å². The molecule has 1 amide bonds. The standard InChI is InChI=1S/C20H16N8OS/c29-18(15-11-30-19(24-15)17-22-12-23-27-17)26-20-25-14-6-1-2-7-16(14)28(20)10-8-13-5-3-4-9-21-13/h1-7,9,11-12H,8,10H2,(H,22,23,27)(H,25,26,29). The van der Waals surface area contributed by atoms with Gasteiger partial charge in [-0.15, -0.1) is 11.3 Å². The third-order valence-electron chi connectivity index (χ3n) is 4.55. The maximum Gasteiger partial charge on any atom is 0.277 e. The van der Waals surface area contributed by atoms with Crippen molar-refractivity contribution in [3.05, 3.63) is 71.8 Å². The summed E-state index contributed by atoms with van der Waals surface area (Å²) in [4.78, 5) is 30.2. The van der Waals surface area contributed by atoms with Crippen molar-refractivity contribution < 1.29 is 4.79 Å². The fourth-order valence-electron chi connectivity index (χ4n) is 3.13. The van der Waals surface area contributed by atoms with Crippen LogP contribution in [0.1, 0.15) is 16.2 Å². The van der Waals surface area contributed by atoms with Crippen LogP contribution in [0.3, 0.4) is 0 Å². The Kier molecular flexibility index (Phi) is 4.74. The number of pyridine rings is 1.